The van der Waals surface area contributed by atoms with Crippen LogP contribution in [0.15, 0.2) is 72.8 Å². The molecule has 1 aliphatic rings. The highest BCUT2D eigenvalue weighted by Crippen LogP contribution is 2.35. The first-order valence-corrected chi connectivity index (χ1v) is 11.7. The van der Waals surface area contributed by atoms with Crippen LogP contribution in [0.5, 0.6) is 11.5 Å². The molecule has 1 amide bonds. The van der Waals surface area contributed by atoms with Gasteiger partial charge in [0.1, 0.15) is 11.5 Å². The number of carbonyl (C=O) groups is 2. The molecular weight excluding hydrogens is 470 g/mol. The number of rotatable bonds is 6. The SMILES string of the molecule is COC(=O)c1ccc(O)c(-c2cccc(-c3cc(Nc4cccc(OC)c4)c4c(n3)CCNC4=O)c2)c1. The standard InChI is InChI=1S/C29H25N3O5/c1-36-21-8-4-7-20(15-21)31-25-16-24(32-23-11-12-30-28(34)27(23)25)18-6-3-5-17(13-18)22-14-19(29(35)37-2)9-10-26(22)33/h3-10,13-16,33H,11-12H2,1-2H3,(H,30,34)(H,31,32). The lowest BCUT2D eigenvalue weighted by Crippen LogP contribution is -2.33. The maximum absolute atomic E-state index is 12.8. The molecule has 1 aliphatic heterocycles. The van der Waals surface area contributed by atoms with Gasteiger partial charge in [-0.05, 0) is 48.0 Å². The van der Waals surface area contributed by atoms with Gasteiger partial charge in [-0.15, -0.1) is 0 Å². The first-order chi connectivity index (χ1) is 18.0. The summed E-state index contributed by atoms with van der Waals surface area (Å²) >= 11 is 0. The Labute approximate surface area is 213 Å². The zero-order chi connectivity index (χ0) is 25.9. The Bertz CT molecular complexity index is 1520. The number of pyridine rings is 1. The molecule has 2 heterocycles. The van der Waals surface area contributed by atoms with Gasteiger partial charge in [0.15, 0.2) is 0 Å². The smallest absolute Gasteiger partial charge is 0.337 e. The zero-order valence-electron chi connectivity index (χ0n) is 20.4. The molecule has 8 nitrogen and oxygen atoms in total. The van der Waals surface area contributed by atoms with Crippen LogP contribution in [0, 0.1) is 0 Å². The normalized spacial score (nSPS) is 12.3. The molecule has 3 N–H and O–H groups in total. The number of nitrogens with one attached hydrogen (secondary N) is 2. The van der Waals surface area contributed by atoms with Crippen molar-refractivity contribution in [2.75, 3.05) is 26.1 Å². The first kappa shape index (κ1) is 23.9. The second-order valence-electron chi connectivity index (χ2n) is 8.54. The van der Waals surface area contributed by atoms with Crippen molar-refractivity contribution in [2.45, 2.75) is 6.42 Å². The molecule has 0 spiro atoms. The minimum atomic E-state index is -0.486. The Morgan fingerprint density at radius 2 is 1.81 bits per heavy atom. The number of carbonyl (C=O) groups excluding carboxylic acids is 2. The van der Waals surface area contributed by atoms with Gasteiger partial charge in [0.2, 0.25) is 0 Å². The topological polar surface area (TPSA) is 110 Å². The number of anilines is 2. The third kappa shape index (κ3) is 4.81. The van der Waals surface area contributed by atoms with Crippen LogP contribution in [0.4, 0.5) is 11.4 Å². The number of aromatic hydroxyl groups is 1. The molecule has 0 bridgehead atoms. The quantitative estimate of drug-likeness (QED) is 0.325. The van der Waals surface area contributed by atoms with Gasteiger partial charge in [0.05, 0.1) is 42.4 Å². The summed E-state index contributed by atoms with van der Waals surface area (Å²) < 4.78 is 10.2. The molecule has 1 aromatic heterocycles. The summed E-state index contributed by atoms with van der Waals surface area (Å²) in [6.45, 7) is 0.509. The molecule has 0 fully saturated rings. The highest BCUT2D eigenvalue weighted by atomic mass is 16.5. The van der Waals surface area contributed by atoms with Gasteiger partial charge in [-0.2, -0.15) is 0 Å². The molecule has 0 atom stereocenters. The minimum Gasteiger partial charge on any atom is -0.507 e. The number of amides is 1. The van der Waals surface area contributed by atoms with E-state index in [4.69, 9.17) is 14.5 Å². The Morgan fingerprint density at radius 1 is 1.00 bits per heavy atom. The van der Waals surface area contributed by atoms with Crippen LogP contribution >= 0.6 is 0 Å². The molecule has 186 valence electrons. The van der Waals surface area contributed by atoms with Crippen LogP contribution in [-0.2, 0) is 11.2 Å². The number of phenols is 1. The lowest BCUT2D eigenvalue weighted by molar-refractivity contribution is 0.0600. The number of hydrogen-bond donors (Lipinski definition) is 3. The summed E-state index contributed by atoms with van der Waals surface area (Å²) in [5.41, 5.74) is 5.62. The molecule has 0 unspecified atom stereocenters. The van der Waals surface area contributed by atoms with Crippen LogP contribution in [0.1, 0.15) is 26.4 Å². The predicted molar refractivity (Wildman–Crippen MR) is 140 cm³/mol. The fraction of sp³-hybridized carbons (Fsp3) is 0.138. The second kappa shape index (κ2) is 10.0. The Morgan fingerprint density at radius 3 is 2.62 bits per heavy atom. The minimum absolute atomic E-state index is 0.0419. The number of benzene rings is 3. The first-order valence-electron chi connectivity index (χ1n) is 11.7. The van der Waals surface area contributed by atoms with E-state index in [1.165, 1.54) is 19.2 Å². The number of esters is 1. The van der Waals surface area contributed by atoms with Crippen LogP contribution in [-0.4, -0.2) is 42.7 Å². The maximum atomic E-state index is 12.8. The summed E-state index contributed by atoms with van der Waals surface area (Å²) in [5.74, 6) is 0.0730. The van der Waals surface area contributed by atoms with Crippen molar-refractivity contribution in [3.05, 3.63) is 89.6 Å². The average Bonchev–Trinajstić information content (AvgIpc) is 2.93. The van der Waals surface area contributed by atoms with Crippen molar-refractivity contribution < 1.29 is 24.2 Å². The molecule has 0 radical (unpaired) electrons. The summed E-state index contributed by atoms with van der Waals surface area (Å²) in [7, 11) is 2.92. The monoisotopic (exact) mass is 495 g/mol. The fourth-order valence-corrected chi connectivity index (χ4v) is 4.38. The number of hydrogen-bond acceptors (Lipinski definition) is 7. The van der Waals surface area contributed by atoms with Gasteiger partial charge in [-0.3, -0.25) is 9.78 Å². The summed E-state index contributed by atoms with van der Waals surface area (Å²) in [5, 5.41) is 16.8. The summed E-state index contributed by atoms with van der Waals surface area (Å²) in [6, 6.07) is 21.4. The molecule has 5 rings (SSSR count). The molecule has 3 aromatic carbocycles. The molecule has 8 heteroatoms. The van der Waals surface area contributed by atoms with Crippen molar-refractivity contribution in [2.24, 2.45) is 0 Å². The number of ether oxygens (including phenoxy) is 2. The van der Waals surface area contributed by atoms with E-state index in [2.05, 4.69) is 10.6 Å². The lowest BCUT2D eigenvalue weighted by Gasteiger charge is -2.21. The Kier molecular flexibility index (Phi) is 6.47. The molecule has 0 saturated carbocycles. The van der Waals surface area contributed by atoms with Crippen molar-refractivity contribution in [3.8, 4) is 33.9 Å². The number of fused-ring (bicyclic) bond motifs is 1. The Hall–Kier alpha value is -4.85. The van der Waals surface area contributed by atoms with E-state index in [9.17, 15) is 14.7 Å². The van der Waals surface area contributed by atoms with Crippen molar-refractivity contribution in [1.29, 1.82) is 0 Å². The lowest BCUT2D eigenvalue weighted by atomic mass is 9.97. The van der Waals surface area contributed by atoms with Crippen molar-refractivity contribution in [3.63, 3.8) is 0 Å². The zero-order valence-corrected chi connectivity index (χ0v) is 20.4. The molecule has 37 heavy (non-hydrogen) atoms. The van der Waals surface area contributed by atoms with E-state index >= 15 is 0 Å². The van der Waals surface area contributed by atoms with Crippen LogP contribution in [0.25, 0.3) is 22.4 Å². The predicted octanol–water partition coefficient (Wildman–Crippen LogP) is 4.95. The fourth-order valence-electron chi connectivity index (χ4n) is 4.38. The number of nitrogens with zero attached hydrogens (tertiary/aromatic N) is 1. The highest BCUT2D eigenvalue weighted by Gasteiger charge is 2.24. The van der Waals surface area contributed by atoms with E-state index in [-0.39, 0.29) is 11.7 Å². The van der Waals surface area contributed by atoms with E-state index in [0.29, 0.717) is 58.0 Å². The van der Waals surface area contributed by atoms with Gasteiger partial charge in [0, 0.05) is 35.8 Å². The van der Waals surface area contributed by atoms with E-state index < -0.39 is 5.97 Å². The van der Waals surface area contributed by atoms with E-state index in [1.807, 2.05) is 54.6 Å². The Balaban J connectivity index is 1.59. The largest absolute Gasteiger partial charge is 0.507 e. The third-order valence-electron chi connectivity index (χ3n) is 6.20. The average molecular weight is 496 g/mol. The second-order valence-corrected chi connectivity index (χ2v) is 8.54. The van der Waals surface area contributed by atoms with Gasteiger partial charge in [0.25, 0.3) is 5.91 Å². The molecule has 0 saturated heterocycles. The molecule has 0 aliphatic carbocycles. The molecule has 4 aromatic rings. The van der Waals surface area contributed by atoms with Gasteiger partial charge < -0.3 is 25.2 Å². The van der Waals surface area contributed by atoms with Gasteiger partial charge in [-0.1, -0.05) is 24.3 Å². The van der Waals surface area contributed by atoms with Gasteiger partial charge >= 0.3 is 5.97 Å². The van der Waals surface area contributed by atoms with E-state index in [0.717, 1.165) is 11.3 Å². The van der Waals surface area contributed by atoms with Crippen LogP contribution in [0.3, 0.4) is 0 Å². The van der Waals surface area contributed by atoms with Crippen molar-refractivity contribution >= 4 is 23.3 Å². The summed E-state index contributed by atoms with van der Waals surface area (Å²) in [6.07, 6.45) is 0.601. The van der Waals surface area contributed by atoms with Crippen LogP contribution < -0.4 is 15.4 Å². The third-order valence-corrected chi connectivity index (χ3v) is 6.20. The molecular formula is C29H25N3O5. The summed E-state index contributed by atoms with van der Waals surface area (Å²) in [4.78, 5) is 29.6. The van der Waals surface area contributed by atoms with Crippen molar-refractivity contribution in [1.82, 2.24) is 10.3 Å². The van der Waals surface area contributed by atoms with Crippen LogP contribution in [0.2, 0.25) is 0 Å². The van der Waals surface area contributed by atoms with Gasteiger partial charge in [-0.25, -0.2) is 4.79 Å². The maximum Gasteiger partial charge on any atom is 0.337 e. The highest BCUT2D eigenvalue weighted by molar-refractivity contribution is 6.03. The number of aromatic nitrogens is 1. The van der Waals surface area contributed by atoms with E-state index in [1.54, 1.807) is 13.2 Å². The number of methoxy groups -OCH3 is 2. The number of phenolic OH excluding ortho intramolecular Hbond substituents is 1.